The van der Waals surface area contributed by atoms with E-state index in [0.29, 0.717) is 12.0 Å². The maximum Gasteiger partial charge on any atom is 0.243 e. The molecule has 0 fully saturated rings. The Balaban J connectivity index is 3.04. The van der Waals surface area contributed by atoms with Gasteiger partial charge in [0.2, 0.25) is 10.0 Å². The van der Waals surface area contributed by atoms with Crippen LogP contribution in [0.15, 0.2) is 29.2 Å². The number of aliphatic hydroxyl groups is 2. The zero-order valence-corrected chi connectivity index (χ0v) is 13.1. The molecule has 116 valence electrons. The fraction of sp³-hybridized carbons (Fsp3) is 0.467. The highest BCUT2D eigenvalue weighted by Gasteiger charge is 2.26. The Bertz CT molecular complexity index is 597. The molecule has 6 heteroatoms. The predicted octanol–water partition coefficient (Wildman–Crippen LogP) is 0.812. The highest BCUT2D eigenvalue weighted by Crippen LogP contribution is 2.19. The van der Waals surface area contributed by atoms with Crippen molar-refractivity contribution in [3.05, 3.63) is 29.8 Å². The molecular formula is C15H21NO4S. The van der Waals surface area contributed by atoms with E-state index in [0.717, 1.165) is 0 Å². The first-order valence-electron chi connectivity index (χ1n) is 6.76. The van der Waals surface area contributed by atoms with Gasteiger partial charge in [0.15, 0.2) is 0 Å². The lowest BCUT2D eigenvalue weighted by atomic mass is 10.2. The first-order chi connectivity index (χ1) is 9.93. The Morgan fingerprint density at radius 3 is 2.29 bits per heavy atom. The molecule has 1 rings (SSSR count). The fourth-order valence-corrected chi connectivity index (χ4v) is 3.55. The maximum absolute atomic E-state index is 12.6. The Labute approximate surface area is 126 Å². The predicted molar refractivity (Wildman–Crippen MR) is 81.1 cm³/mol. The number of nitrogens with zero attached hydrogens (tertiary/aromatic N) is 1. The van der Waals surface area contributed by atoms with Crippen LogP contribution in [0.2, 0.25) is 0 Å². The first kappa shape index (κ1) is 17.7. The van der Waals surface area contributed by atoms with E-state index in [9.17, 15) is 8.42 Å². The van der Waals surface area contributed by atoms with Gasteiger partial charge in [-0.25, -0.2) is 8.42 Å². The van der Waals surface area contributed by atoms with E-state index >= 15 is 0 Å². The molecule has 0 radical (unpaired) electrons. The Hall–Kier alpha value is -1.39. The molecule has 2 N–H and O–H groups in total. The monoisotopic (exact) mass is 311 g/mol. The van der Waals surface area contributed by atoms with E-state index in [4.69, 9.17) is 10.2 Å². The summed E-state index contributed by atoms with van der Waals surface area (Å²) in [5.41, 5.74) is 0.648. The third-order valence-electron chi connectivity index (χ3n) is 2.89. The average Bonchev–Trinajstić information content (AvgIpc) is 2.45. The van der Waals surface area contributed by atoms with Crippen LogP contribution in [0.4, 0.5) is 0 Å². The van der Waals surface area contributed by atoms with E-state index in [1.165, 1.54) is 16.4 Å². The van der Waals surface area contributed by atoms with Gasteiger partial charge >= 0.3 is 0 Å². The molecule has 0 aliphatic heterocycles. The third kappa shape index (κ3) is 4.83. The summed E-state index contributed by atoms with van der Waals surface area (Å²) in [5, 5.41) is 17.5. The molecule has 1 aromatic rings. The molecule has 0 aromatic heterocycles. The Morgan fingerprint density at radius 2 is 1.81 bits per heavy atom. The molecule has 0 bridgehead atoms. The summed E-state index contributed by atoms with van der Waals surface area (Å²) in [4.78, 5) is 0.198. The van der Waals surface area contributed by atoms with E-state index in [2.05, 4.69) is 11.8 Å². The molecule has 1 aromatic carbocycles. The van der Waals surface area contributed by atoms with Crippen molar-refractivity contribution in [1.82, 2.24) is 4.31 Å². The molecule has 0 aliphatic carbocycles. The van der Waals surface area contributed by atoms with Crippen LogP contribution in [0.5, 0.6) is 0 Å². The number of benzene rings is 1. The Morgan fingerprint density at radius 1 is 1.19 bits per heavy atom. The minimum atomic E-state index is -3.59. The highest BCUT2D eigenvalue weighted by molar-refractivity contribution is 7.89. The van der Waals surface area contributed by atoms with Crippen LogP contribution < -0.4 is 0 Å². The normalized spacial score (nSPS) is 11.5. The van der Waals surface area contributed by atoms with Gasteiger partial charge in [0.05, 0.1) is 4.90 Å². The third-order valence-corrected chi connectivity index (χ3v) is 4.97. The molecule has 0 atom stereocenters. The zero-order chi connectivity index (χ0) is 15.9. The summed E-state index contributed by atoms with van der Waals surface area (Å²) in [6, 6.07) is 6.05. The van der Waals surface area contributed by atoms with Crippen molar-refractivity contribution in [2.75, 3.05) is 19.8 Å². The molecule has 0 saturated heterocycles. The zero-order valence-electron chi connectivity index (χ0n) is 12.3. The van der Waals surface area contributed by atoms with Crippen LogP contribution in [0.25, 0.3) is 0 Å². The van der Waals surface area contributed by atoms with Crippen LogP contribution in [0, 0.1) is 11.8 Å². The van der Waals surface area contributed by atoms with Crippen LogP contribution in [-0.2, 0) is 10.0 Å². The van der Waals surface area contributed by atoms with Crippen molar-refractivity contribution >= 4 is 10.0 Å². The lowest BCUT2D eigenvalue weighted by Crippen LogP contribution is -2.38. The fourth-order valence-electron chi connectivity index (χ4n) is 1.87. The molecule has 0 saturated carbocycles. The maximum atomic E-state index is 12.6. The van der Waals surface area contributed by atoms with Crippen molar-refractivity contribution in [3.8, 4) is 11.8 Å². The summed E-state index contributed by atoms with van der Waals surface area (Å²) < 4.78 is 26.5. The second-order valence-electron chi connectivity index (χ2n) is 4.77. The van der Waals surface area contributed by atoms with Gasteiger partial charge in [-0.2, -0.15) is 4.31 Å². The first-order valence-corrected chi connectivity index (χ1v) is 8.20. The number of aliphatic hydroxyl groups excluding tert-OH is 2. The summed E-state index contributed by atoms with van der Waals surface area (Å²) in [7, 11) is -3.59. The molecule has 0 heterocycles. The second-order valence-corrected chi connectivity index (χ2v) is 6.66. The van der Waals surface area contributed by atoms with E-state index in [-0.39, 0.29) is 30.7 Å². The Kier molecular flexibility index (Phi) is 6.85. The number of hydrogen-bond donors (Lipinski definition) is 2. The molecule has 0 unspecified atom stereocenters. The van der Waals surface area contributed by atoms with E-state index < -0.39 is 10.0 Å². The van der Waals surface area contributed by atoms with Crippen LogP contribution in [0.1, 0.15) is 25.8 Å². The molecule has 21 heavy (non-hydrogen) atoms. The van der Waals surface area contributed by atoms with E-state index in [1.807, 2.05) is 0 Å². The lowest BCUT2D eigenvalue weighted by molar-refractivity contribution is 0.258. The summed E-state index contributed by atoms with van der Waals surface area (Å²) in [5.74, 6) is 5.23. The van der Waals surface area contributed by atoms with E-state index in [1.54, 1.807) is 26.0 Å². The molecule has 0 spiro atoms. The van der Waals surface area contributed by atoms with Crippen molar-refractivity contribution < 1.29 is 18.6 Å². The smallest absolute Gasteiger partial charge is 0.243 e. The van der Waals surface area contributed by atoms with Crippen molar-refractivity contribution in [3.63, 3.8) is 0 Å². The standard InChI is InChI=1S/C15H21NO4S/c1-13(2)16(10-4-12-18)21(19,20)15-8-6-14(7-9-15)5-3-11-17/h6-9,13,17-18H,4,10-12H2,1-2H3. The highest BCUT2D eigenvalue weighted by atomic mass is 32.2. The molecule has 0 amide bonds. The quantitative estimate of drug-likeness (QED) is 0.762. The van der Waals surface area contributed by atoms with Crippen molar-refractivity contribution in [1.29, 1.82) is 0 Å². The minimum absolute atomic E-state index is 0.0472. The SMILES string of the molecule is CC(C)N(CCCO)S(=O)(=O)c1ccc(C#CCO)cc1. The van der Waals surface area contributed by atoms with Gasteiger partial charge in [-0.1, -0.05) is 11.8 Å². The van der Waals surface area contributed by atoms with Gasteiger partial charge in [-0.15, -0.1) is 0 Å². The molecule has 5 nitrogen and oxygen atoms in total. The van der Waals surface area contributed by atoms with Crippen LogP contribution in [0.3, 0.4) is 0 Å². The molecule has 0 aliphatic rings. The topological polar surface area (TPSA) is 77.8 Å². The summed E-state index contributed by atoms with van der Waals surface area (Å²) in [6.45, 7) is 3.60. The summed E-state index contributed by atoms with van der Waals surface area (Å²) >= 11 is 0. The van der Waals surface area contributed by atoms with Crippen LogP contribution in [-0.4, -0.2) is 48.7 Å². The van der Waals surface area contributed by atoms with Gasteiger partial charge in [-0.05, 0) is 44.5 Å². The van der Waals surface area contributed by atoms with Gasteiger partial charge in [0, 0.05) is 24.8 Å². The largest absolute Gasteiger partial charge is 0.396 e. The van der Waals surface area contributed by atoms with Gasteiger partial charge < -0.3 is 10.2 Å². The second kappa shape index (κ2) is 8.15. The van der Waals surface area contributed by atoms with Gasteiger partial charge in [0.25, 0.3) is 0 Å². The van der Waals surface area contributed by atoms with Gasteiger partial charge in [0.1, 0.15) is 6.61 Å². The number of rotatable bonds is 6. The minimum Gasteiger partial charge on any atom is -0.396 e. The van der Waals surface area contributed by atoms with Crippen molar-refractivity contribution in [2.24, 2.45) is 0 Å². The average molecular weight is 311 g/mol. The number of sulfonamides is 1. The van der Waals surface area contributed by atoms with Gasteiger partial charge in [-0.3, -0.25) is 0 Å². The lowest BCUT2D eigenvalue weighted by Gasteiger charge is -2.25. The van der Waals surface area contributed by atoms with Crippen LogP contribution >= 0.6 is 0 Å². The summed E-state index contributed by atoms with van der Waals surface area (Å²) in [6.07, 6.45) is 0.400. The van der Waals surface area contributed by atoms with Crippen molar-refractivity contribution in [2.45, 2.75) is 31.2 Å². The molecular weight excluding hydrogens is 290 g/mol. The number of hydrogen-bond acceptors (Lipinski definition) is 4.